The van der Waals surface area contributed by atoms with Crippen molar-refractivity contribution in [1.29, 1.82) is 0 Å². The Balaban J connectivity index is 4.86. The van der Waals surface area contributed by atoms with Crippen LogP contribution in [0.5, 0.6) is 0 Å². The van der Waals surface area contributed by atoms with Crippen molar-refractivity contribution in [3.05, 3.63) is 0 Å². The number of hydrogen-bond donors (Lipinski definition) is 8. The summed E-state index contributed by atoms with van der Waals surface area (Å²) in [7, 11) is 0. The van der Waals surface area contributed by atoms with Crippen molar-refractivity contribution >= 4 is 36.3 Å². The third-order valence-electron chi connectivity index (χ3n) is 4.12. The molecule has 29 heavy (non-hydrogen) atoms. The molecule has 3 amide bonds. The second kappa shape index (κ2) is 16.0. The topological polar surface area (TPSA) is 203 Å². The Labute approximate surface area is 176 Å². The molecule has 0 aromatic heterocycles. The molecule has 0 aliphatic carbocycles. The van der Waals surface area contributed by atoms with E-state index in [4.69, 9.17) is 22.3 Å². The summed E-state index contributed by atoms with van der Waals surface area (Å²) in [4.78, 5) is 47.6. The Kier molecular flexibility index (Phi) is 14.9. The van der Waals surface area contributed by atoms with Gasteiger partial charge in [0.2, 0.25) is 17.7 Å². The number of hydrogen-bond acceptors (Lipinski definition) is 8. The maximum Gasteiger partial charge on any atom is 0.322 e. The lowest BCUT2D eigenvalue weighted by molar-refractivity contribution is -0.138. The predicted molar refractivity (Wildman–Crippen MR) is 112 cm³/mol. The van der Waals surface area contributed by atoms with Crippen molar-refractivity contribution in [3.8, 4) is 0 Å². The van der Waals surface area contributed by atoms with Crippen LogP contribution in [0.1, 0.15) is 38.5 Å². The van der Waals surface area contributed by atoms with Crippen molar-refractivity contribution in [2.75, 3.05) is 25.4 Å². The van der Waals surface area contributed by atoms with E-state index in [9.17, 15) is 19.2 Å². The van der Waals surface area contributed by atoms with Gasteiger partial charge in [-0.15, -0.1) is 0 Å². The monoisotopic (exact) mass is 434 g/mol. The summed E-state index contributed by atoms with van der Waals surface area (Å²) in [5.74, 6) is -2.92. The van der Waals surface area contributed by atoms with Crippen LogP contribution >= 0.6 is 12.6 Å². The van der Waals surface area contributed by atoms with Crippen molar-refractivity contribution < 1.29 is 24.3 Å². The number of nitrogens with two attached hydrogens (primary N) is 3. The molecule has 0 aromatic carbocycles. The van der Waals surface area contributed by atoms with Gasteiger partial charge in [0, 0.05) is 5.75 Å². The molecule has 11 nitrogen and oxygen atoms in total. The summed E-state index contributed by atoms with van der Waals surface area (Å²) in [5, 5.41) is 16.0. The highest BCUT2D eigenvalue weighted by molar-refractivity contribution is 7.80. The quantitative estimate of drug-likeness (QED) is 0.0975. The SMILES string of the molecule is NCCCCC(N)C(=O)NC(CS)C(=O)NC(CCCCN)C(=O)NCC(=O)O. The molecule has 0 saturated heterocycles. The molecule has 3 atom stereocenters. The van der Waals surface area contributed by atoms with Crippen LogP contribution in [0.25, 0.3) is 0 Å². The Hall–Kier alpha value is -1.89. The molecular weight excluding hydrogens is 400 g/mol. The van der Waals surface area contributed by atoms with E-state index in [1.54, 1.807) is 0 Å². The highest BCUT2D eigenvalue weighted by Crippen LogP contribution is 2.03. The van der Waals surface area contributed by atoms with Crippen LogP contribution < -0.4 is 33.2 Å². The Morgan fingerprint density at radius 2 is 1.38 bits per heavy atom. The number of thiol groups is 1. The van der Waals surface area contributed by atoms with Crippen LogP contribution in [0, 0.1) is 0 Å². The molecule has 0 saturated carbocycles. The van der Waals surface area contributed by atoms with Crippen molar-refractivity contribution in [1.82, 2.24) is 16.0 Å². The van der Waals surface area contributed by atoms with Crippen LogP contribution in [0.15, 0.2) is 0 Å². The average molecular weight is 435 g/mol. The fourth-order valence-corrected chi connectivity index (χ4v) is 2.69. The zero-order valence-electron chi connectivity index (χ0n) is 16.6. The normalized spacial score (nSPS) is 13.8. The number of nitrogens with one attached hydrogen (secondary N) is 3. The van der Waals surface area contributed by atoms with Gasteiger partial charge in [0.25, 0.3) is 0 Å². The van der Waals surface area contributed by atoms with Crippen LogP contribution in [0.2, 0.25) is 0 Å². The molecule has 168 valence electrons. The number of unbranched alkanes of at least 4 members (excludes halogenated alkanes) is 2. The zero-order chi connectivity index (χ0) is 22.2. The number of carbonyl (C=O) groups excluding carboxylic acids is 3. The lowest BCUT2D eigenvalue weighted by Gasteiger charge is -2.23. The highest BCUT2D eigenvalue weighted by atomic mass is 32.1. The Morgan fingerprint density at radius 1 is 0.828 bits per heavy atom. The molecule has 0 spiro atoms. The molecule has 0 aromatic rings. The molecule has 0 aliphatic heterocycles. The third kappa shape index (κ3) is 12.3. The lowest BCUT2D eigenvalue weighted by Crippen LogP contribution is -2.56. The van der Waals surface area contributed by atoms with Gasteiger partial charge in [-0.25, -0.2) is 0 Å². The minimum absolute atomic E-state index is 0.000637. The fraction of sp³-hybridized carbons (Fsp3) is 0.765. The smallest absolute Gasteiger partial charge is 0.322 e. The number of carboxylic acids is 1. The second-order valence-corrected chi connectivity index (χ2v) is 6.96. The van der Waals surface area contributed by atoms with Gasteiger partial charge in [0.1, 0.15) is 18.6 Å². The van der Waals surface area contributed by atoms with E-state index < -0.39 is 48.4 Å². The molecular formula is C17H34N6O5S. The van der Waals surface area contributed by atoms with Gasteiger partial charge in [-0.05, 0) is 45.2 Å². The predicted octanol–water partition coefficient (Wildman–Crippen LogP) is -2.33. The zero-order valence-corrected chi connectivity index (χ0v) is 17.5. The molecule has 3 unspecified atom stereocenters. The first-order chi connectivity index (χ1) is 13.8. The molecule has 0 heterocycles. The maximum absolute atomic E-state index is 12.5. The maximum atomic E-state index is 12.5. The van der Waals surface area contributed by atoms with Gasteiger partial charge in [-0.3, -0.25) is 19.2 Å². The van der Waals surface area contributed by atoms with E-state index in [2.05, 4.69) is 28.6 Å². The first-order valence-corrected chi connectivity index (χ1v) is 10.3. The summed E-state index contributed by atoms with van der Waals surface area (Å²) < 4.78 is 0. The number of rotatable bonds is 16. The van der Waals surface area contributed by atoms with Crippen molar-refractivity contribution in [3.63, 3.8) is 0 Å². The summed E-state index contributed by atoms with van der Waals surface area (Å²) in [5.41, 5.74) is 16.7. The van der Waals surface area contributed by atoms with Gasteiger partial charge >= 0.3 is 5.97 Å². The van der Waals surface area contributed by atoms with E-state index in [0.717, 1.165) is 6.42 Å². The molecule has 0 fully saturated rings. The van der Waals surface area contributed by atoms with E-state index in [1.807, 2.05) is 0 Å². The van der Waals surface area contributed by atoms with Crippen molar-refractivity contribution in [2.45, 2.75) is 56.7 Å². The lowest BCUT2D eigenvalue weighted by atomic mass is 10.1. The summed E-state index contributed by atoms with van der Waals surface area (Å²) in [6, 6.07) is -2.72. The second-order valence-electron chi connectivity index (χ2n) is 6.59. The van der Waals surface area contributed by atoms with Gasteiger partial charge in [0.15, 0.2) is 0 Å². The number of carbonyl (C=O) groups is 4. The minimum atomic E-state index is -1.20. The number of aliphatic carboxylic acids is 1. The molecule has 12 heteroatoms. The molecule has 0 bridgehead atoms. The number of amides is 3. The molecule has 0 aliphatic rings. The molecule has 0 rings (SSSR count). The first-order valence-electron chi connectivity index (χ1n) is 9.63. The van der Waals surface area contributed by atoms with Crippen LogP contribution in [0.3, 0.4) is 0 Å². The Bertz CT molecular complexity index is 536. The van der Waals surface area contributed by atoms with Crippen LogP contribution in [-0.4, -0.2) is 72.3 Å². The van der Waals surface area contributed by atoms with Gasteiger partial charge in [-0.1, -0.05) is 6.42 Å². The van der Waals surface area contributed by atoms with Crippen LogP contribution in [-0.2, 0) is 19.2 Å². The van der Waals surface area contributed by atoms with E-state index in [0.29, 0.717) is 38.8 Å². The van der Waals surface area contributed by atoms with Gasteiger partial charge in [0.05, 0.1) is 6.04 Å². The largest absolute Gasteiger partial charge is 0.480 e. The van der Waals surface area contributed by atoms with Crippen molar-refractivity contribution in [2.24, 2.45) is 17.2 Å². The third-order valence-corrected chi connectivity index (χ3v) is 4.48. The minimum Gasteiger partial charge on any atom is -0.480 e. The summed E-state index contributed by atoms with van der Waals surface area (Å²) >= 11 is 4.08. The van der Waals surface area contributed by atoms with E-state index in [1.165, 1.54) is 0 Å². The standard InChI is InChI=1S/C17H34N6O5S/c18-7-3-1-5-11(20)15(26)23-13(10-29)17(28)22-12(6-2-4-8-19)16(27)21-9-14(24)25/h11-13,29H,1-10,18-20H2,(H,21,27)(H,22,28)(H,23,26)(H,24,25). The van der Waals surface area contributed by atoms with Gasteiger partial charge < -0.3 is 38.3 Å². The van der Waals surface area contributed by atoms with Crippen LogP contribution in [0.4, 0.5) is 0 Å². The Morgan fingerprint density at radius 3 is 1.90 bits per heavy atom. The number of carboxylic acid groups (broad SMARTS) is 1. The highest BCUT2D eigenvalue weighted by Gasteiger charge is 2.27. The first kappa shape index (κ1) is 27.1. The van der Waals surface area contributed by atoms with E-state index >= 15 is 0 Å². The fourth-order valence-electron chi connectivity index (χ4n) is 2.43. The molecule has 0 radical (unpaired) electrons. The average Bonchev–Trinajstić information content (AvgIpc) is 2.69. The summed E-state index contributed by atoms with van der Waals surface area (Å²) in [6.07, 6.45) is 3.35. The summed E-state index contributed by atoms with van der Waals surface area (Å²) in [6.45, 7) is 0.368. The van der Waals surface area contributed by atoms with Gasteiger partial charge in [-0.2, -0.15) is 12.6 Å². The van der Waals surface area contributed by atoms with E-state index in [-0.39, 0.29) is 12.2 Å². The molecule has 10 N–H and O–H groups in total.